The topological polar surface area (TPSA) is 106 Å². The van der Waals surface area contributed by atoms with Gasteiger partial charge in [0.25, 0.3) is 0 Å². The highest BCUT2D eigenvalue weighted by Gasteiger charge is 2.26. The van der Waals surface area contributed by atoms with Crippen LogP contribution in [-0.4, -0.2) is 69.7 Å². The van der Waals surface area contributed by atoms with Crippen LogP contribution in [0.2, 0.25) is 0 Å². The van der Waals surface area contributed by atoms with Crippen LogP contribution in [0.5, 0.6) is 5.88 Å². The predicted molar refractivity (Wildman–Crippen MR) is 130 cm³/mol. The van der Waals surface area contributed by atoms with E-state index < -0.39 is 0 Å². The average Bonchev–Trinajstić information content (AvgIpc) is 3.48. The van der Waals surface area contributed by atoms with Gasteiger partial charge in [-0.15, -0.1) is 5.10 Å². The highest BCUT2D eigenvalue weighted by atomic mass is 16.5. The molecule has 0 amide bonds. The van der Waals surface area contributed by atoms with E-state index in [0.717, 1.165) is 67.5 Å². The first-order valence-corrected chi connectivity index (χ1v) is 12.3. The molecule has 3 N–H and O–H groups in total. The van der Waals surface area contributed by atoms with Crippen LogP contribution in [0.4, 0.5) is 5.95 Å². The van der Waals surface area contributed by atoms with E-state index >= 15 is 0 Å². The summed E-state index contributed by atoms with van der Waals surface area (Å²) in [5.74, 6) is 1.55. The van der Waals surface area contributed by atoms with Gasteiger partial charge in [0.15, 0.2) is 0 Å². The Morgan fingerprint density at radius 2 is 2.06 bits per heavy atom. The number of nitrogens with one attached hydrogen (secondary N) is 2. The third-order valence-corrected chi connectivity index (χ3v) is 6.80. The lowest BCUT2D eigenvalue weighted by atomic mass is 9.85. The van der Waals surface area contributed by atoms with Crippen molar-refractivity contribution in [1.82, 2.24) is 24.9 Å². The fraction of sp³-hybridized carbons (Fsp3) is 0.560. The maximum atomic E-state index is 10.0. The van der Waals surface area contributed by atoms with Gasteiger partial charge in [0.05, 0.1) is 24.4 Å². The average molecular weight is 467 g/mol. The molecule has 3 aromatic rings. The molecule has 182 valence electrons. The van der Waals surface area contributed by atoms with E-state index in [9.17, 15) is 5.11 Å². The normalized spacial score (nSPS) is 23.8. The van der Waals surface area contributed by atoms with E-state index in [1.165, 1.54) is 0 Å². The Labute approximate surface area is 199 Å². The summed E-state index contributed by atoms with van der Waals surface area (Å²) >= 11 is 0. The van der Waals surface area contributed by atoms with Crippen LogP contribution in [-0.2, 0) is 4.74 Å². The predicted octanol–water partition coefficient (Wildman–Crippen LogP) is 3.00. The molecule has 0 bridgehead atoms. The standard InChI is InChI=1S/C25H34N6O3/c1-16(15-33-2)29-25-28-14-23-21(12-22(31(23)30-25)17-3-5-19(32)6-4-17)18-7-10-27-24(11-18)34-20-8-9-26-13-20/h7,10-12,14,16-17,19-20,26,32H,3-6,8-9,13,15H2,1-2H3,(H,29,30)/t16-,17?,19?,20+/m0/s1. The minimum absolute atomic E-state index is 0.0933. The van der Waals surface area contributed by atoms with Gasteiger partial charge >= 0.3 is 0 Å². The third kappa shape index (κ3) is 5.01. The first kappa shape index (κ1) is 23.0. The summed E-state index contributed by atoms with van der Waals surface area (Å²) in [4.78, 5) is 9.04. The number of nitrogens with zero attached hydrogens (tertiary/aromatic N) is 4. The van der Waals surface area contributed by atoms with Crippen molar-refractivity contribution < 1.29 is 14.6 Å². The summed E-state index contributed by atoms with van der Waals surface area (Å²) in [5, 5.41) is 21.6. The molecule has 0 radical (unpaired) electrons. The Balaban J connectivity index is 1.51. The third-order valence-electron chi connectivity index (χ3n) is 6.80. The molecule has 2 atom stereocenters. The first-order chi connectivity index (χ1) is 16.6. The number of rotatable bonds is 8. The molecule has 2 aliphatic rings. The number of aliphatic hydroxyl groups is 1. The number of hydrogen-bond donors (Lipinski definition) is 3. The minimum atomic E-state index is -0.200. The lowest BCUT2D eigenvalue weighted by Gasteiger charge is -2.25. The van der Waals surface area contributed by atoms with E-state index in [4.69, 9.17) is 14.6 Å². The molecule has 1 aliphatic heterocycles. The summed E-state index contributed by atoms with van der Waals surface area (Å²) in [6.45, 7) is 4.44. The maximum absolute atomic E-state index is 10.0. The van der Waals surface area contributed by atoms with Crippen LogP contribution in [0.3, 0.4) is 0 Å². The first-order valence-electron chi connectivity index (χ1n) is 12.3. The van der Waals surface area contributed by atoms with Crippen molar-refractivity contribution in [3.8, 4) is 17.0 Å². The van der Waals surface area contributed by atoms with Crippen molar-refractivity contribution in [2.75, 3.05) is 32.1 Å². The zero-order valence-electron chi connectivity index (χ0n) is 19.9. The summed E-state index contributed by atoms with van der Waals surface area (Å²) < 4.78 is 13.4. The number of methoxy groups -OCH3 is 1. The number of fused-ring (bicyclic) bond motifs is 1. The van der Waals surface area contributed by atoms with Gasteiger partial charge in [-0.1, -0.05) is 0 Å². The van der Waals surface area contributed by atoms with Gasteiger partial charge in [0.1, 0.15) is 6.10 Å². The van der Waals surface area contributed by atoms with Gasteiger partial charge in [-0.2, -0.15) is 0 Å². The van der Waals surface area contributed by atoms with Crippen LogP contribution < -0.4 is 15.4 Å². The second-order valence-corrected chi connectivity index (χ2v) is 9.48. The lowest BCUT2D eigenvalue weighted by molar-refractivity contribution is 0.121. The Kier molecular flexibility index (Phi) is 6.94. The van der Waals surface area contributed by atoms with E-state index in [2.05, 4.69) is 26.7 Å². The largest absolute Gasteiger partial charge is 0.473 e. The molecular formula is C25H34N6O3. The highest BCUT2D eigenvalue weighted by Crippen LogP contribution is 2.38. The van der Waals surface area contributed by atoms with Crippen molar-refractivity contribution in [2.45, 2.75) is 63.2 Å². The highest BCUT2D eigenvalue weighted by molar-refractivity contribution is 5.81. The van der Waals surface area contributed by atoms with Crippen molar-refractivity contribution >= 4 is 11.5 Å². The Morgan fingerprint density at radius 3 is 2.82 bits per heavy atom. The zero-order valence-corrected chi connectivity index (χ0v) is 19.9. The van der Waals surface area contributed by atoms with Crippen LogP contribution >= 0.6 is 0 Å². The van der Waals surface area contributed by atoms with Crippen LogP contribution in [0, 0.1) is 0 Å². The van der Waals surface area contributed by atoms with Crippen LogP contribution in [0.25, 0.3) is 16.6 Å². The molecule has 1 aliphatic carbocycles. The Bertz CT molecular complexity index is 1110. The van der Waals surface area contributed by atoms with Crippen molar-refractivity contribution in [2.24, 2.45) is 0 Å². The Hall–Kier alpha value is -2.75. The fourth-order valence-electron chi connectivity index (χ4n) is 5.03. The molecular weight excluding hydrogens is 432 g/mol. The molecule has 2 fully saturated rings. The number of aliphatic hydroxyl groups excluding tert-OH is 1. The van der Waals surface area contributed by atoms with Gasteiger partial charge in [0.2, 0.25) is 11.8 Å². The second-order valence-electron chi connectivity index (χ2n) is 9.48. The smallest absolute Gasteiger partial charge is 0.241 e. The van der Waals surface area contributed by atoms with Crippen LogP contribution in [0.1, 0.15) is 50.6 Å². The van der Waals surface area contributed by atoms with Gasteiger partial charge in [-0.25, -0.2) is 14.5 Å². The number of anilines is 1. The molecule has 34 heavy (non-hydrogen) atoms. The van der Waals surface area contributed by atoms with Gasteiger partial charge in [-0.3, -0.25) is 0 Å². The molecule has 0 aromatic carbocycles. The van der Waals surface area contributed by atoms with Gasteiger partial charge < -0.3 is 25.2 Å². The van der Waals surface area contributed by atoms with Crippen molar-refractivity contribution in [3.63, 3.8) is 0 Å². The summed E-state index contributed by atoms with van der Waals surface area (Å²) in [5.41, 5.74) is 4.20. The fourth-order valence-corrected chi connectivity index (χ4v) is 5.03. The van der Waals surface area contributed by atoms with Gasteiger partial charge in [0, 0.05) is 49.1 Å². The van der Waals surface area contributed by atoms with Crippen LogP contribution in [0.15, 0.2) is 30.6 Å². The summed E-state index contributed by atoms with van der Waals surface area (Å²) in [6.07, 6.45) is 8.15. The molecule has 1 saturated heterocycles. The molecule has 0 spiro atoms. The minimum Gasteiger partial charge on any atom is -0.473 e. The molecule has 9 heteroatoms. The molecule has 0 unspecified atom stereocenters. The number of ether oxygens (including phenoxy) is 2. The summed E-state index contributed by atoms with van der Waals surface area (Å²) in [7, 11) is 1.69. The number of hydrogen-bond acceptors (Lipinski definition) is 8. The monoisotopic (exact) mass is 466 g/mol. The SMILES string of the molecule is COC[C@H](C)Nc1ncc2c(-c3ccnc(O[C@@H]4CCNC4)c3)cc(C3CCC(O)CC3)n2n1. The van der Waals surface area contributed by atoms with E-state index in [-0.39, 0.29) is 18.2 Å². The Morgan fingerprint density at radius 1 is 1.21 bits per heavy atom. The van der Waals surface area contributed by atoms with Gasteiger partial charge in [-0.05, 0) is 63.3 Å². The van der Waals surface area contributed by atoms with Crippen molar-refractivity contribution in [1.29, 1.82) is 0 Å². The van der Waals surface area contributed by atoms with E-state index in [0.29, 0.717) is 24.4 Å². The molecule has 5 rings (SSSR count). The van der Waals surface area contributed by atoms with Crippen molar-refractivity contribution in [3.05, 3.63) is 36.3 Å². The second kappa shape index (κ2) is 10.2. The van der Waals surface area contributed by atoms with E-state index in [1.807, 2.05) is 29.8 Å². The number of pyridine rings is 1. The van der Waals surface area contributed by atoms with E-state index in [1.54, 1.807) is 13.3 Å². The molecule has 1 saturated carbocycles. The summed E-state index contributed by atoms with van der Waals surface area (Å²) in [6, 6.07) is 6.34. The zero-order chi connectivity index (χ0) is 23.5. The molecule has 9 nitrogen and oxygen atoms in total. The maximum Gasteiger partial charge on any atom is 0.241 e. The lowest BCUT2D eigenvalue weighted by Crippen LogP contribution is -2.23. The number of aromatic nitrogens is 4. The molecule has 4 heterocycles. The molecule has 3 aromatic heterocycles. The quantitative estimate of drug-likeness (QED) is 0.465.